The van der Waals surface area contributed by atoms with Crippen molar-refractivity contribution in [3.63, 3.8) is 0 Å². The van der Waals surface area contributed by atoms with Crippen molar-refractivity contribution in [2.24, 2.45) is 5.84 Å². The minimum absolute atomic E-state index is 0.165. The van der Waals surface area contributed by atoms with Gasteiger partial charge in [-0.15, -0.1) is 0 Å². The lowest BCUT2D eigenvalue weighted by Crippen LogP contribution is -2.60. The van der Waals surface area contributed by atoms with Gasteiger partial charge in [-0.1, -0.05) is 17.7 Å². The second-order valence-electron chi connectivity index (χ2n) is 4.49. The molecule has 1 heterocycles. The number of nitrogens with two attached hydrogens (primary N) is 1. The smallest absolute Gasteiger partial charge is 0.104 e. The van der Waals surface area contributed by atoms with Gasteiger partial charge in [0.2, 0.25) is 0 Å². The second-order valence-corrected chi connectivity index (χ2v) is 4.49. The van der Waals surface area contributed by atoms with Gasteiger partial charge < -0.3 is 4.74 Å². The van der Waals surface area contributed by atoms with Crippen molar-refractivity contribution in [2.75, 3.05) is 13.2 Å². The van der Waals surface area contributed by atoms with E-state index < -0.39 is 0 Å². The lowest BCUT2D eigenvalue weighted by Gasteiger charge is -2.43. The molecule has 3 heteroatoms. The first-order valence-electron chi connectivity index (χ1n) is 5.23. The quantitative estimate of drug-likeness (QED) is 0.566. The predicted molar refractivity (Wildman–Crippen MR) is 60.5 cm³/mol. The Hall–Kier alpha value is -0.900. The van der Waals surface area contributed by atoms with Gasteiger partial charge in [0.1, 0.15) is 5.54 Å². The van der Waals surface area contributed by atoms with Gasteiger partial charge in [-0.05, 0) is 37.5 Å². The van der Waals surface area contributed by atoms with E-state index in [-0.39, 0.29) is 5.54 Å². The molecule has 0 atom stereocenters. The molecule has 15 heavy (non-hydrogen) atoms. The number of ether oxygens (including phenoxy) is 1. The van der Waals surface area contributed by atoms with Crippen molar-refractivity contribution in [3.8, 4) is 0 Å². The molecule has 0 radical (unpaired) electrons. The third-order valence-electron chi connectivity index (χ3n) is 3.13. The SMILES string of the molecule is Cc1cc(C)c(C2(NN)COC2)c(C)c1. The lowest BCUT2D eigenvalue weighted by molar-refractivity contribution is -0.0793. The van der Waals surface area contributed by atoms with E-state index in [0.29, 0.717) is 13.2 Å². The summed E-state index contributed by atoms with van der Waals surface area (Å²) >= 11 is 0. The van der Waals surface area contributed by atoms with Crippen LogP contribution in [0.4, 0.5) is 0 Å². The zero-order chi connectivity index (χ0) is 11.1. The Morgan fingerprint density at radius 2 is 1.73 bits per heavy atom. The molecular formula is C12H18N2O. The molecule has 1 aromatic rings. The summed E-state index contributed by atoms with van der Waals surface area (Å²) in [6.07, 6.45) is 0. The van der Waals surface area contributed by atoms with E-state index in [9.17, 15) is 0 Å². The highest BCUT2D eigenvalue weighted by Gasteiger charge is 2.41. The van der Waals surface area contributed by atoms with E-state index in [4.69, 9.17) is 10.6 Å². The van der Waals surface area contributed by atoms with Crippen LogP contribution in [0, 0.1) is 20.8 Å². The summed E-state index contributed by atoms with van der Waals surface area (Å²) in [4.78, 5) is 0. The number of hydrogen-bond donors (Lipinski definition) is 2. The fourth-order valence-corrected chi connectivity index (χ4v) is 2.54. The standard InChI is InChI=1S/C12H18N2O/c1-8-4-9(2)11(10(3)5-8)12(14-13)6-15-7-12/h4-5,14H,6-7,13H2,1-3H3. The molecule has 0 bridgehead atoms. The molecule has 1 aromatic carbocycles. The zero-order valence-corrected chi connectivity index (χ0v) is 9.55. The van der Waals surface area contributed by atoms with Crippen LogP contribution >= 0.6 is 0 Å². The Bertz CT molecular complexity index is 355. The van der Waals surface area contributed by atoms with E-state index in [1.807, 2.05) is 0 Å². The highest BCUT2D eigenvalue weighted by Crippen LogP contribution is 2.33. The largest absolute Gasteiger partial charge is 0.377 e. The van der Waals surface area contributed by atoms with Gasteiger partial charge in [0, 0.05) is 0 Å². The van der Waals surface area contributed by atoms with Crippen molar-refractivity contribution in [1.82, 2.24) is 5.43 Å². The molecule has 0 amide bonds. The van der Waals surface area contributed by atoms with Crippen molar-refractivity contribution in [1.29, 1.82) is 0 Å². The first-order valence-corrected chi connectivity index (χ1v) is 5.23. The molecule has 1 aliphatic heterocycles. The Balaban J connectivity index is 2.52. The third-order valence-corrected chi connectivity index (χ3v) is 3.13. The zero-order valence-electron chi connectivity index (χ0n) is 9.55. The molecule has 0 aliphatic carbocycles. The van der Waals surface area contributed by atoms with Crippen molar-refractivity contribution >= 4 is 0 Å². The summed E-state index contributed by atoms with van der Waals surface area (Å²) in [5.74, 6) is 5.65. The summed E-state index contributed by atoms with van der Waals surface area (Å²) in [6.45, 7) is 7.70. The van der Waals surface area contributed by atoms with Gasteiger partial charge >= 0.3 is 0 Å². The molecular weight excluding hydrogens is 188 g/mol. The summed E-state index contributed by atoms with van der Waals surface area (Å²) in [7, 11) is 0. The Labute approximate surface area is 90.6 Å². The van der Waals surface area contributed by atoms with Crippen LogP contribution in [0.25, 0.3) is 0 Å². The van der Waals surface area contributed by atoms with E-state index in [1.54, 1.807) is 0 Å². The number of rotatable bonds is 2. The highest BCUT2D eigenvalue weighted by molar-refractivity contribution is 5.43. The van der Waals surface area contributed by atoms with Gasteiger partial charge in [0.05, 0.1) is 13.2 Å². The van der Waals surface area contributed by atoms with E-state index in [0.717, 1.165) is 0 Å². The van der Waals surface area contributed by atoms with Crippen LogP contribution in [-0.2, 0) is 10.3 Å². The molecule has 0 aromatic heterocycles. The fraction of sp³-hybridized carbons (Fsp3) is 0.500. The first-order chi connectivity index (χ1) is 7.09. The summed E-state index contributed by atoms with van der Waals surface area (Å²) < 4.78 is 5.28. The first kappa shape index (κ1) is 10.6. The van der Waals surface area contributed by atoms with Crippen molar-refractivity contribution in [2.45, 2.75) is 26.3 Å². The molecule has 82 valence electrons. The van der Waals surface area contributed by atoms with E-state index in [2.05, 4.69) is 38.3 Å². The van der Waals surface area contributed by atoms with Crippen LogP contribution in [0.3, 0.4) is 0 Å². The fourth-order valence-electron chi connectivity index (χ4n) is 2.54. The lowest BCUT2D eigenvalue weighted by atomic mass is 9.82. The van der Waals surface area contributed by atoms with Crippen molar-refractivity contribution in [3.05, 3.63) is 34.4 Å². The number of hydrogen-bond acceptors (Lipinski definition) is 3. The molecule has 1 fully saturated rings. The summed E-state index contributed by atoms with van der Waals surface area (Å²) in [5, 5.41) is 0. The van der Waals surface area contributed by atoms with Gasteiger partial charge in [-0.2, -0.15) is 0 Å². The molecule has 0 spiro atoms. The third kappa shape index (κ3) is 1.57. The Morgan fingerprint density at radius 3 is 2.07 bits per heavy atom. The van der Waals surface area contributed by atoms with Crippen LogP contribution in [0.5, 0.6) is 0 Å². The molecule has 0 saturated carbocycles. The molecule has 2 rings (SSSR count). The number of hydrazine groups is 1. The van der Waals surface area contributed by atoms with Gasteiger partial charge in [0.15, 0.2) is 0 Å². The molecule has 1 saturated heterocycles. The van der Waals surface area contributed by atoms with Crippen molar-refractivity contribution < 1.29 is 4.74 Å². The maximum Gasteiger partial charge on any atom is 0.104 e. The number of nitrogens with one attached hydrogen (secondary N) is 1. The molecule has 0 unspecified atom stereocenters. The average molecular weight is 206 g/mol. The maximum atomic E-state index is 5.65. The normalized spacial score (nSPS) is 18.7. The van der Waals surface area contributed by atoms with Crippen LogP contribution in [0.1, 0.15) is 22.3 Å². The van der Waals surface area contributed by atoms with Gasteiger partial charge in [-0.25, -0.2) is 5.43 Å². The van der Waals surface area contributed by atoms with Gasteiger partial charge in [0.25, 0.3) is 0 Å². The Morgan fingerprint density at radius 1 is 1.20 bits per heavy atom. The average Bonchev–Trinajstić information content (AvgIpc) is 2.07. The van der Waals surface area contributed by atoms with E-state index in [1.165, 1.54) is 22.3 Å². The summed E-state index contributed by atoms with van der Waals surface area (Å²) in [6, 6.07) is 4.39. The van der Waals surface area contributed by atoms with Gasteiger partial charge in [-0.3, -0.25) is 5.84 Å². The predicted octanol–water partition coefficient (Wildman–Crippen LogP) is 1.30. The topological polar surface area (TPSA) is 47.3 Å². The van der Waals surface area contributed by atoms with Crippen LogP contribution in [0.2, 0.25) is 0 Å². The van der Waals surface area contributed by atoms with E-state index >= 15 is 0 Å². The Kier molecular flexibility index (Phi) is 2.54. The minimum atomic E-state index is -0.165. The van der Waals surface area contributed by atoms with Crippen LogP contribution in [-0.4, -0.2) is 13.2 Å². The number of benzene rings is 1. The van der Waals surface area contributed by atoms with Crippen LogP contribution < -0.4 is 11.3 Å². The summed E-state index contributed by atoms with van der Waals surface area (Å²) in [5.41, 5.74) is 7.90. The number of aryl methyl sites for hydroxylation is 3. The molecule has 3 nitrogen and oxygen atoms in total. The monoisotopic (exact) mass is 206 g/mol. The molecule has 3 N–H and O–H groups in total. The molecule has 1 aliphatic rings. The maximum absolute atomic E-state index is 5.65. The second kappa shape index (κ2) is 3.59. The highest BCUT2D eigenvalue weighted by atomic mass is 16.5. The van der Waals surface area contributed by atoms with Crippen LogP contribution in [0.15, 0.2) is 12.1 Å². The minimum Gasteiger partial charge on any atom is -0.377 e.